The quantitative estimate of drug-likeness (QED) is 0.674. The third-order valence-corrected chi connectivity index (χ3v) is 3.82. The van der Waals surface area contributed by atoms with Gasteiger partial charge in [-0.3, -0.25) is 4.79 Å². The van der Waals surface area contributed by atoms with Gasteiger partial charge in [-0.25, -0.2) is 9.50 Å². The SMILES string of the molecule is CC(=O)c1cnc2c(C)c(-c3ccc(C)cc3)nn2c1C. The number of ketones is 1. The molecule has 1 aromatic carbocycles. The lowest BCUT2D eigenvalue weighted by molar-refractivity contribution is 0.101. The van der Waals surface area contributed by atoms with E-state index in [9.17, 15) is 4.79 Å². The summed E-state index contributed by atoms with van der Waals surface area (Å²) in [6.07, 6.45) is 1.64. The first kappa shape index (κ1) is 13.5. The van der Waals surface area contributed by atoms with Gasteiger partial charge in [0.15, 0.2) is 11.4 Å². The zero-order chi connectivity index (χ0) is 15.1. The second kappa shape index (κ2) is 4.81. The first-order valence-corrected chi connectivity index (χ1v) is 6.92. The molecule has 0 spiro atoms. The number of aryl methyl sites for hydroxylation is 3. The molecule has 0 aliphatic heterocycles. The highest BCUT2D eigenvalue weighted by molar-refractivity contribution is 5.95. The maximum atomic E-state index is 11.6. The Bertz CT molecular complexity index is 845. The van der Waals surface area contributed by atoms with Gasteiger partial charge in [0, 0.05) is 17.3 Å². The lowest BCUT2D eigenvalue weighted by Gasteiger charge is -2.03. The minimum atomic E-state index is 0.00642. The minimum absolute atomic E-state index is 0.00642. The Balaban J connectivity index is 2.26. The van der Waals surface area contributed by atoms with Gasteiger partial charge in [0.05, 0.1) is 17.0 Å². The van der Waals surface area contributed by atoms with Gasteiger partial charge in [0.1, 0.15) is 0 Å². The Hall–Kier alpha value is -2.49. The number of carbonyl (C=O) groups is 1. The molecule has 0 aliphatic carbocycles. The highest BCUT2D eigenvalue weighted by Crippen LogP contribution is 2.26. The summed E-state index contributed by atoms with van der Waals surface area (Å²) < 4.78 is 1.77. The standard InChI is InChI=1S/C17H17N3O/c1-10-5-7-14(8-6-10)16-11(2)17-18-9-15(13(4)21)12(3)20(17)19-16/h5-9H,1-4H3. The molecule has 4 nitrogen and oxygen atoms in total. The van der Waals surface area contributed by atoms with Crippen LogP contribution < -0.4 is 0 Å². The van der Waals surface area contributed by atoms with E-state index in [1.807, 2.05) is 13.8 Å². The van der Waals surface area contributed by atoms with Gasteiger partial charge in [-0.2, -0.15) is 5.10 Å². The molecule has 0 saturated carbocycles. The molecular formula is C17H17N3O. The molecule has 3 rings (SSSR count). The van der Waals surface area contributed by atoms with Gasteiger partial charge in [-0.15, -0.1) is 0 Å². The number of hydrogen-bond donors (Lipinski definition) is 0. The molecule has 0 atom stereocenters. The number of nitrogens with zero attached hydrogens (tertiary/aromatic N) is 3. The van der Waals surface area contributed by atoms with Gasteiger partial charge in [-0.05, 0) is 27.7 Å². The lowest BCUT2D eigenvalue weighted by atomic mass is 10.1. The van der Waals surface area contributed by atoms with E-state index in [1.54, 1.807) is 17.6 Å². The van der Waals surface area contributed by atoms with E-state index < -0.39 is 0 Å². The van der Waals surface area contributed by atoms with Crippen molar-refractivity contribution in [2.75, 3.05) is 0 Å². The summed E-state index contributed by atoms with van der Waals surface area (Å²) in [5.74, 6) is 0.00642. The summed E-state index contributed by atoms with van der Waals surface area (Å²) >= 11 is 0. The third-order valence-electron chi connectivity index (χ3n) is 3.82. The van der Waals surface area contributed by atoms with Crippen LogP contribution in [0.3, 0.4) is 0 Å². The van der Waals surface area contributed by atoms with Crippen molar-refractivity contribution in [3.05, 3.63) is 52.8 Å². The predicted molar refractivity (Wildman–Crippen MR) is 82.6 cm³/mol. The normalized spacial score (nSPS) is 11.0. The van der Waals surface area contributed by atoms with Crippen molar-refractivity contribution in [2.24, 2.45) is 0 Å². The second-order valence-electron chi connectivity index (χ2n) is 5.39. The molecule has 0 bridgehead atoms. The van der Waals surface area contributed by atoms with Gasteiger partial charge in [0.25, 0.3) is 0 Å². The largest absolute Gasteiger partial charge is 0.294 e. The second-order valence-corrected chi connectivity index (χ2v) is 5.39. The maximum Gasteiger partial charge on any atom is 0.163 e. The average molecular weight is 279 g/mol. The number of fused-ring (bicyclic) bond motifs is 1. The van der Waals surface area contributed by atoms with Crippen molar-refractivity contribution in [1.82, 2.24) is 14.6 Å². The molecule has 0 radical (unpaired) electrons. The third kappa shape index (κ3) is 2.13. The monoisotopic (exact) mass is 279 g/mol. The smallest absolute Gasteiger partial charge is 0.163 e. The van der Waals surface area contributed by atoms with Crippen LogP contribution >= 0.6 is 0 Å². The fraction of sp³-hybridized carbons (Fsp3) is 0.235. The molecule has 0 amide bonds. The topological polar surface area (TPSA) is 47.3 Å². The molecule has 4 heteroatoms. The van der Waals surface area contributed by atoms with Crippen LogP contribution in [-0.2, 0) is 0 Å². The Kier molecular flexibility index (Phi) is 3.09. The van der Waals surface area contributed by atoms with Gasteiger partial charge in [0.2, 0.25) is 0 Å². The van der Waals surface area contributed by atoms with Crippen molar-refractivity contribution in [2.45, 2.75) is 27.7 Å². The zero-order valence-electron chi connectivity index (χ0n) is 12.6. The molecule has 2 heterocycles. The van der Waals surface area contributed by atoms with Crippen LogP contribution in [-0.4, -0.2) is 20.4 Å². The Morgan fingerprint density at radius 2 is 1.76 bits per heavy atom. The number of aromatic nitrogens is 3. The zero-order valence-corrected chi connectivity index (χ0v) is 12.6. The van der Waals surface area contributed by atoms with E-state index in [0.717, 1.165) is 28.2 Å². The molecule has 21 heavy (non-hydrogen) atoms. The Morgan fingerprint density at radius 1 is 1.10 bits per heavy atom. The number of rotatable bonds is 2. The molecule has 0 aliphatic rings. The van der Waals surface area contributed by atoms with Crippen LogP contribution in [0.1, 0.15) is 34.1 Å². The van der Waals surface area contributed by atoms with Crippen molar-refractivity contribution < 1.29 is 4.79 Å². The average Bonchev–Trinajstić information content (AvgIpc) is 2.78. The van der Waals surface area contributed by atoms with Gasteiger partial charge in [-0.1, -0.05) is 29.8 Å². The lowest BCUT2D eigenvalue weighted by Crippen LogP contribution is -2.05. The fourth-order valence-electron chi connectivity index (χ4n) is 2.54. The first-order chi connectivity index (χ1) is 9.99. The number of carbonyl (C=O) groups excluding carboxylic acids is 1. The van der Waals surface area contributed by atoms with E-state index in [0.29, 0.717) is 5.56 Å². The molecule has 0 N–H and O–H groups in total. The molecule has 0 saturated heterocycles. The molecule has 0 fully saturated rings. The summed E-state index contributed by atoms with van der Waals surface area (Å²) in [4.78, 5) is 16.0. The highest BCUT2D eigenvalue weighted by atomic mass is 16.1. The van der Waals surface area contributed by atoms with Crippen molar-refractivity contribution >= 4 is 11.4 Å². The molecule has 3 aromatic rings. The minimum Gasteiger partial charge on any atom is -0.294 e. The summed E-state index contributed by atoms with van der Waals surface area (Å²) in [7, 11) is 0. The molecule has 2 aromatic heterocycles. The number of Topliss-reactive ketones (excluding diaryl/α,β-unsaturated/α-hetero) is 1. The van der Waals surface area contributed by atoms with Crippen LogP contribution in [0.2, 0.25) is 0 Å². The Labute approximate surface area is 123 Å². The van der Waals surface area contributed by atoms with Crippen LogP contribution in [0.25, 0.3) is 16.9 Å². The summed E-state index contributed by atoms with van der Waals surface area (Å²) in [6.45, 7) is 7.52. The van der Waals surface area contributed by atoms with Crippen molar-refractivity contribution in [3.63, 3.8) is 0 Å². The van der Waals surface area contributed by atoms with E-state index >= 15 is 0 Å². The predicted octanol–water partition coefficient (Wildman–Crippen LogP) is 3.52. The highest BCUT2D eigenvalue weighted by Gasteiger charge is 2.16. The van der Waals surface area contributed by atoms with E-state index in [-0.39, 0.29) is 5.78 Å². The van der Waals surface area contributed by atoms with Crippen LogP contribution in [0, 0.1) is 20.8 Å². The Morgan fingerprint density at radius 3 is 2.38 bits per heavy atom. The van der Waals surface area contributed by atoms with Crippen molar-refractivity contribution in [1.29, 1.82) is 0 Å². The van der Waals surface area contributed by atoms with E-state index in [4.69, 9.17) is 0 Å². The van der Waals surface area contributed by atoms with Crippen LogP contribution in [0.15, 0.2) is 30.5 Å². The van der Waals surface area contributed by atoms with Crippen molar-refractivity contribution in [3.8, 4) is 11.3 Å². The molecule has 106 valence electrons. The van der Waals surface area contributed by atoms with E-state index in [1.165, 1.54) is 5.56 Å². The van der Waals surface area contributed by atoms with E-state index in [2.05, 4.69) is 41.3 Å². The fourth-order valence-corrected chi connectivity index (χ4v) is 2.54. The maximum absolute atomic E-state index is 11.6. The summed E-state index contributed by atoms with van der Waals surface area (Å²) in [6, 6.07) is 8.26. The summed E-state index contributed by atoms with van der Waals surface area (Å²) in [5.41, 5.74) is 6.45. The first-order valence-electron chi connectivity index (χ1n) is 6.92. The molecule has 0 unspecified atom stereocenters. The van der Waals surface area contributed by atoms with Gasteiger partial charge < -0.3 is 0 Å². The number of hydrogen-bond acceptors (Lipinski definition) is 3. The van der Waals surface area contributed by atoms with Crippen LogP contribution in [0.5, 0.6) is 0 Å². The number of benzene rings is 1. The summed E-state index contributed by atoms with van der Waals surface area (Å²) in [5, 5.41) is 4.66. The van der Waals surface area contributed by atoms with Gasteiger partial charge >= 0.3 is 0 Å². The van der Waals surface area contributed by atoms with Crippen LogP contribution in [0.4, 0.5) is 0 Å². The molecular weight excluding hydrogens is 262 g/mol.